The maximum Gasteiger partial charge on any atom is 0.320 e. The minimum Gasteiger partial charge on any atom is -0.481 e. The Kier molecular flexibility index (Phi) is 4.22. The van der Waals surface area contributed by atoms with Crippen LogP contribution in [0.5, 0.6) is 0 Å². The quantitative estimate of drug-likeness (QED) is 0.790. The second-order valence-electron chi connectivity index (χ2n) is 6.39. The van der Waals surface area contributed by atoms with Crippen molar-refractivity contribution in [3.05, 3.63) is 0 Å². The number of nitrogens with two attached hydrogens (primary N) is 1. The van der Waals surface area contributed by atoms with Gasteiger partial charge >= 0.3 is 12.0 Å². The average molecular weight is 283 g/mol. The number of carboxylic acid groups (broad SMARTS) is 1. The number of carboxylic acids is 1. The summed E-state index contributed by atoms with van der Waals surface area (Å²) in [6, 6.07) is 0.159. The van der Waals surface area contributed by atoms with Crippen LogP contribution in [0.15, 0.2) is 0 Å². The normalized spacial score (nSPS) is 28.2. The maximum atomic E-state index is 12.5. The molecule has 2 saturated heterocycles. The van der Waals surface area contributed by atoms with Crippen molar-refractivity contribution >= 4 is 12.0 Å². The van der Waals surface area contributed by atoms with Gasteiger partial charge in [-0.1, -0.05) is 13.8 Å². The van der Waals surface area contributed by atoms with Crippen LogP contribution in [-0.4, -0.2) is 59.1 Å². The fourth-order valence-electron chi connectivity index (χ4n) is 3.18. The number of hydrogen-bond acceptors (Lipinski definition) is 3. The van der Waals surface area contributed by atoms with E-state index in [0.717, 1.165) is 12.8 Å². The number of hydrogen-bond donors (Lipinski definition) is 2. The van der Waals surface area contributed by atoms with Crippen molar-refractivity contribution in [1.82, 2.24) is 9.80 Å². The second-order valence-corrected chi connectivity index (χ2v) is 6.39. The van der Waals surface area contributed by atoms with Crippen molar-refractivity contribution in [2.75, 3.05) is 26.2 Å². The summed E-state index contributed by atoms with van der Waals surface area (Å²) in [7, 11) is 0. The molecule has 0 radical (unpaired) electrons. The number of piperidine rings is 1. The highest BCUT2D eigenvalue weighted by Crippen LogP contribution is 2.38. The molecule has 2 amide bonds. The molecule has 3 N–H and O–H groups in total. The molecule has 0 aliphatic carbocycles. The third-order valence-electron chi connectivity index (χ3n) is 4.91. The lowest BCUT2D eigenvalue weighted by Gasteiger charge is -2.34. The summed E-state index contributed by atoms with van der Waals surface area (Å²) in [5, 5.41) is 9.51. The van der Waals surface area contributed by atoms with E-state index < -0.39 is 11.4 Å². The Bertz CT molecular complexity index is 391. The van der Waals surface area contributed by atoms with Gasteiger partial charge in [0.25, 0.3) is 0 Å². The summed E-state index contributed by atoms with van der Waals surface area (Å²) < 4.78 is 0. The van der Waals surface area contributed by atoms with E-state index in [9.17, 15) is 14.7 Å². The van der Waals surface area contributed by atoms with Crippen LogP contribution >= 0.6 is 0 Å². The van der Waals surface area contributed by atoms with Gasteiger partial charge in [0.1, 0.15) is 0 Å². The topological polar surface area (TPSA) is 86.9 Å². The van der Waals surface area contributed by atoms with Crippen LogP contribution in [0.2, 0.25) is 0 Å². The first kappa shape index (κ1) is 15.1. The van der Waals surface area contributed by atoms with E-state index in [0.29, 0.717) is 32.6 Å². The first-order chi connectivity index (χ1) is 9.36. The Balaban J connectivity index is 2.01. The van der Waals surface area contributed by atoms with E-state index in [-0.39, 0.29) is 18.0 Å². The van der Waals surface area contributed by atoms with Gasteiger partial charge in [-0.05, 0) is 25.2 Å². The molecule has 1 unspecified atom stereocenters. The molecule has 114 valence electrons. The molecule has 1 atom stereocenters. The molecule has 2 rings (SSSR count). The predicted molar refractivity (Wildman–Crippen MR) is 75.3 cm³/mol. The Morgan fingerprint density at radius 1 is 1.20 bits per heavy atom. The zero-order valence-electron chi connectivity index (χ0n) is 12.3. The minimum atomic E-state index is -0.790. The predicted octanol–water partition coefficient (Wildman–Crippen LogP) is 0.962. The van der Waals surface area contributed by atoms with Gasteiger partial charge in [-0.2, -0.15) is 0 Å². The molecule has 0 aromatic heterocycles. The highest BCUT2D eigenvalue weighted by molar-refractivity contribution is 5.80. The molecule has 0 aromatic rings. The molecular formula is C14H25N3O3. The molecule has 6 nitrogen and oxygen atoms in total. The molecule has 2 aliphatic heterocycles. The first-order valence-electron chi connectivity index (χ1n) is 7.39. The smallest absolute Gasteiger partial charge is 0.320 e. The lowest BCUT2D eigenvalue weighted by atomic mass is 9.76. The van der Waals surface area contributed by atoms with E-state index in [4.69, 9.17) is 5.73 Å². The number of aliphatic carboxylic acids is 1. The average Bonchev–Trinajstić information content (AvgIpc) is 2.85. The van der Waals surface area contributed by atoms with Gasteiger partial charge in [0.05, 0.1) is 5.41 Å². The molecule has 2 fully saturated rings. The number of carbonyl (C=O) groups is 2. The number of rotatable bonds is 2. The van der Waals surface area contributed by atoms with Crippen molar-refractivity contribution in [2.45, 2.75) is 39.2 Å². The molecule has 0 aromatic carbocycles. The Morgan fingerprint density at radius 3 is 2.25 bits per heavy atom. The lowest BCUT2D eigenvalue weighted by molar-refractivity contribution is -0.150. The van der Waals surface area contributed by atoms with E-state index in [2.05, 4.69) is 0 Å². The van der Waals surface area contributed by atoms with E-state index in [1.807, 2.05) is 18.7 Å². The van der Waals surface area contributed by atoms with Crippen LogP contribution in [0.25, 0.3) is 0 Å². The highest BCUT2D eigenvalue weighted by atomic mass is 16.4. The summed E-state index contributed by atoms with van der Waals surface area (Å²) in [5.74, 6) is -0.768. The van der Waals surface area contributed by atoms with Crippen LogP contribution in [0.1, 0.15) is 33.1 Å². The maximum absolute atomic E-state index is 12.5. The van der Waals surface area contributed by atoms with Gasteiger partial charge < -0.3 is 20.6 Å². The first-order valence-corrected chi connectivity index (χ1v) is 7.39. The molecular weight excluding hydrogens is 258 g/mol. The summed E-state index contributed by atoms with van der Waals surface area (Å²) in [6.07, 6.45) is 2.20. The van der Waals surface area contributed by atoms with Crippen LogP contribution in [0, 0.1) is 11.3 Å². The second kappa shape index (κ2) is 5.60. The Morgan fingerprint density at radius 2 is 1.80 bits per heavy atom. The molecule has 0 spiro atoms. The number of urea groups is 1. The highest BCUT2D eigenvalue weighted by Gasteiger charge is 2.49. The van der Waals surface area contributed by atoms with Gasteiger partial charge in [0, 0.05) is 32.2 Å². The lowest BCUT2D eigenvalue weighted by Crippen LogP contribution is -2.49. The molecule has 6 heteroatoms. The van der Waals surface area contributed by atoms with Gasteiger partial charge in [0.15, 0.2) is 0 Å². The van der Waals surface area contributed by atoms with Crippen molar-refractivity contribution < 1.29 is 14.7 Å². The third kappa shape index (κ3) is 2.61. The summed E-state index contributed by atoms with van der Waals surface area (Å²) in [4.78, 5) is 27.5. The molecule has 0 bridgehead atoms. The van der Waals surface area contributed by atoms with Crippen LogP contribution in [0.3, 0.4) is 0 Å². The number of amides is 2. The third-order valence-corrected chi connectivity index (χ3v) is 4.91. The summed E-state index contributed by atoms with van der Waals surface area (Å²) in [5.41, 5.74) is 5.05. The zero-order valence-corrected chi connectivity index (χ0v) is 12.3. The Labute approximate surface area is 119 Å². The van der Waals surface area contributed by atoms with Gasteiger partial charge in [0.2, 0.25) is 0 Å². The number of likely N-dealkylation sites (tertiary alicyclic amines) is 2. The number of nitrogens with zero attached hydrogens (tertiary/aromatic N) is 2. The summed E-state index contributed by atoms with van der Waals surface area (Å²) in [6.45, 7) is 6.05. The fraction of sp³-hybridized carbons (Fsp3) is 0.857. The minimum absolute atomic E-state index is 0.0209. The van der Waals surface area contributed by atoms with Gasteiger partial charge in [-0.15, -0.1) is 0 Å². The van der Waals surface area contributed by atoms with Crippen molar-refractivity contribution in [3.8, 4) is 0 Å². The molecule has 0 saturated carbocycles. The van der Waals surface area contributed by atoms with Crippen LogP contribution in [-0.2, 0) is 4.79 Å². The molecule has 2 aliphatic rings. The fourth-order valence-corrected chi connectivity index (χ4v) is 3.18. The van der Waals surface area contributed by atoms with E-state index in [1.54, 1.807) is 4.90 Å². The van der Waals surface area contributed by atoms with Crippen molar-refractivity contribution in [2.24, 2.45) is 17.1 Å². The van der Waals surface area contributed by atoms with Gasteiger partial charge in [-0.25, -0.2) is 4.79 Å². The standard InChI is InChI=1S/C14H25N3O3/c1-10(2)14(12(18)19)5-8-17(9-14)13(20)16-6-3-11(15)4-7-16/h10-11H,3-9,15H2,1-2H3,(H,18,19). The van der Waals surface area contributed by atoms with Crippen LogP contribution in [0.4, 0.5) is 4.79 Å². The summed E-state index contributed by atoms with van der Waals surface area (Å²) >= 11 is 0. The van der Waals surface area contributed by atoms with Crippen molar-refractivity contribution in [3.63, 3.8) is 0 Å². The Hall–Kier alpha value is -1.30. The SMILES string of the molecule is CC(C)C1(C(=O)O)CCN(C(=O)N2CCC(N)CC2)C1. The van der Waals surface area contributed by atoms with Gasteiger partial charge in [-0.3, -0.25) is 4.79 Å². The number of carbonyl (C=O) groups excluding carboxylic acids is 1. The molecule has 20 heavy (non-hydrogen) atoms. The molecule has 2 heterocycles. The van der Waals surface area contributed by atoms with Crippen LogP contribution < -0.4 is 5.73 Å². The monoisotopic (exact) mass is 283 g/mol. The largest absolute Gasteiger partial charge is 0.481 e. The zero-order chi connectivity index (χ0) is 14.9. The van der Waals surface area contributed by atoms with Crippen molar-refractivity contribution in [1.29, 1.82) is 0 Å². The van der Waals surface area contributed by atoms with E-state index in [1.165, 1.54) is 0 Å². The van der Waals surface area contributed by atoms with E-state index >= 15 is 0 Å².